The van der Waals surface area contributed by atoms with Crippen LogP contribution in [-0.2, 0) is 11.2 Å². The molecule has 0 saturated carbocycles. The number of hydrogen-bond donors (Lipinski definition) is 0. The molecule has 0 saturated heterocycles. The summed E-state index contributed by atoms with van der Waals surface area (Å²) in [5.74, 6) is -0.344. The number of ketones is 1. The molecule has 0 radical (unpaired) electrons. The Kier molecular flexibility index (Phi) is 3.73. The van der Waals surface area contributed by atoms with Gasteiger partial charge in [0, 0.05) is 11.1 Å². The topological polar surface area (TPSA) is 52.6 Å². The third kappa shape index (κ3) is 2.66. The van der Waals surface area contributed by atoms with Crippen LogP contribution < -0.4 is 9.47 Å². The van der Waals surface area contributed by atoms with Gasteiger partial charge in [0.15, 0.2) is 5.78 Å². The van der Waals surface area contributed by atoms with Crippen LogP contribution in [0.25, 0.3) is 10.8 Å². The zero-order valence-electron chi connectivity index (χ0n) is 13.7. The number of benzene rings is 3. The molecule has 0 aliphatic carbocycles. The van der Waals surface area contributed by atoms with E-state index < -0.39 is 11.9 Å². The fraction of sp³-hybridized carbons (Fsp3) is 0.143. The molecular formula is C21H16O4. The Morgan fingerprint density at radius 1 is 1.04 bits per heavy atom. The normalized spacial score (nSPS) is 16.2. The Bertz CT molecular complexity index is 973. The number of carbonyl (C=O) groups is 2. The second-order valence-electron chi connectivity index (χ2n) is 6.03. The van der Waals surface area contributed by atoms with Gasteiger partial charge < -0.3 is 9.47 Å². The van der Waals surface area contributed by atoms with Crippen molar-refractivity contribution in [2.45, 2.75) is 6.42 Å². The highest BCUT2D eigenvalue weighted by Gasteiger charge is 2.35. The highest BCUT2D eigenvalue weighted by Crippen LogP contribution is 2.35. The largest absolute Gasteiger partial charge is 0.497 e. The fourth-order valence-corrected chi connectivity index (χ4v) is 3.25. The van der Waals surface area contributed by atoms with Crippen molar-refractivity contribution >= 4 is 22.5 Å². The lowest BCUT2D eigenvalue weighted by Gasteiger charge is -2.24. The lowest BCUT2D eigenvalue weighted by Crippen LogP contribution is -2.34. The fourth-order valence-electron chi connectivity index (χ4n) is 3.25. The lowest BCUT2D eigenvalue weighted by molar-refractivity contribution is -0.138. The average Bonchev–Trinajstić information content (AvgIpc) is 2.67. The van der Waals surface area contributed by atoms with E-state index in [1.807, 2.05) is 30.3 Å². The van der Waals surface area contributed by atoms with Crippen molar-refractivity contribution in [1.29, 1.82) is 0 Å². The van der Waals surface area contributed by atoms with Crippen molar-refractivity contribution in [3.63, 3.8) is 0 Å². The van der Waals surface area contributed by atoms with Gasteiger partial charge >= 0.3 is 5.97 Å². The summed E-state index contributed by atoms with van der Waals surface area (Å²) < 4.78 is 10.6. The van der Waals surface area contributed by atoms with Crippen molar-refractivity contribution in [3.05, 3.63) is 71.8 Å². The van der Waals surface area contributed by atoms with Crippen LogP contribution in [0.5, 0.6) is 11.5 Å². The van der Waals surface area contributed by atoms with Crippen molar-refractivity contribution < 1.29 is 19.1 Å². The highest BCUT2D eigenvalue weighted by atomic mass is 16.5. The third-order valence-corrected chi connectivity index (χ3v) is 4.59. The first kappa shape index (κ1) is 15.4. The Balaban J connectivity index is 1.71. The zero-order chi connectivity index (χ0) is 17.4. The molecule has 3 aromatic carbocycles. The smallest absolute Gasteiger partial charge is 0.322 e. The van der Waals surface area contributed by atoms with Crippen molar-refractivity contribution in [2.75, 3.05) is 7.11 Å². The highest BCUT2D eigenvalue weighted by molar-refractivity contribution is 6.10. The molecule has 4 rings (SSSR count). The van der Waals surface area contributed by atoms with E-state index in [1.54, 1.807) is 37.4 Å². The molecule has 0 amide bonds. The number of hydrogen-bond acceptors (Lipinski definition) is 4. The van der Waals surface area contributed by atoms with Gasteiger partial charge in [-0.05, 0) is 47.5 Å². The lowest BCUT2D eigenvalue weighted by atomic mass is 9.87. The van der Waals surface area contributed by atoms with Crippen LogP contribution in [0.4, 0.5) is 0 Å². The SMILES string of the molecule is COc1ccc(C(=O)C2Cc3c(ccc4ccccc34)OC2=O)cc1. The van der Waals surface area contributed by atoms with E-state index in [2.05, 4.69) is 0 Å². The standard InChI is InChI=1S/C21H16O4/c1-24-15-9-6-14(7-10-15)20(22)18-12-17-16-5-3-2-4-13(16)8-11-19(17)25-21(18)23/h2-11,18H,12H2,1H3. The maximum Gasteiger partial charge on any atom is 0.322 e. The minimum absolute atomic E-state index is 0.230. The summed E-state index contributed by atoms with van der Waals surface area (Å²) in [4.78, 5) is 25.2. The second-order valence-corrected chi connectivity index (χ2v) is 6.03. The first-order chi connectivity index (χ1) is 12.2. The number of Topliss-reactive ketones (excluding diaryl/α,β-unsaturated/α-hetero) is 1. The summed E-state index contributed by atoms with van der Waals surface area (Å²) in [6.45, 7) is 0. The molecule has 0 N–H and O–H groups in total. The second kappa shape index (κ2) is 6.06. The van der Waals surface area contributed by atoms with Gasteiger partial charge in [0.1, 0.15) is 17.4 Å². The van der Waals surface area contributed by atoms with Crippen LogP contribution >= 0.6 is 0 Å². The molecule has 1 atom stereocenters. The van der Waals surface area contributed by atoms with Crippen molar-refractivity contribution in [1.82, 2.24) is 0 Å². The van der Waals surface area contributed by atoms with Gasteiger partial charge in [-0.25, -0.2) is 0 Å². The van der Waals surface area contributed by atoms with Crippen LogP contribution in [0, 0.1) is 5.92 Å². The molecule has 1 aliphatic rings. The molecule has 3 aromatic rings. The molecule has 0 bridgehead atoms. The molecule has 1 aliphatic heterocycles. The maximum atomic E-state index is 12.8. The predicted octanol–water partition coefficient (Wildman–Crippen LogP) is 3.81. The Labute approximate surface area is 145 Å². The Hall–Kier alpha value is -3.14. The number of esters is 1. The molecule has 124 valence electrons. The van der Waals surface area contributed by atoms with Crippen LogP contribution in [0.1, 0.15) is 15.9 Å². The maximum absolute atomic E-state index is 12.8. The Morgan fingerprint density at radius 3 is 2.56 bits per heavy atom. The predicted molar refractivity (Wildman–Crippen MR) is 94.1 cm³/mol. The molecule has 1 unspecified atom stereocenters. The molecule has 0 aromatic heterocycles. The average molecular weight is 332 g/mol. The van der Waals surface area contributed by atoms with E-state index in [9.17, 15) is 9.59 Å². The van der Waals surface area contributed by atoms with Crippen molar-refractivity contribution in [2.24, 2.45) is 5.92 Å². The van der Waals surface area contributed by atoms with E-state index in [4.69, 9.17) is 9.47 Å². The van der Waals surface area contributed by atoms with Gasteiger partial charge in [0.05, 0.1) is 7.11 Å². The summed E-state index contributed by atoms with van der Waals surface area (Å²) in [6.07, 6.45) is 0.348. The summed E-state index contributed by atoms with van der Waals surface area (Å²) >= 11 is 0. The molecule has 0 spiro atoms. The number of carbonyl (C=O) groups excluding carboxylic acids is 2. The first-order valence-corrected chi connectivity index (χ1v) is 8.08. The van der Waals surface area contributed by atoms with Gasteiger partial charge in [-0.15, -0.1) is 0 Å². The minimum Gasteiger partial charge on any atom is -0.497 e. The van der Waals surface area contributed by atoms with Crippen LogP contribution in [0.3, 0.4) is 0 Å². The van der Waals surface area contributed by atoms with Crippen molar-refractivity contribution in [3.8, 4) is 11.5 Å². The van der Waals surface area contributed by atoms with Gasteiger partial charge in [-0.3, -0.25) is 9.59 Å². The quantitative estimate of drug-likeness (QED) is 0.317. The van der Waals surface area contributed by atoms with Crippen LogP contribution in [-0.4, -0.2) is 18.9 Å². The van der Waals surface area contributed by atoms with Gasteiger partial charge in [0.2, 0.25) is 0 Å². The van der Waals surface area contributed by atoms with Gasteiger partial charge in [-0.1, -0.05) is 30.3 Å². The monoisotopic (exact) mass is 332 g/mol. The molecule has 0 fully saturated rings. The van der Waals surface area contributed by atoms with E-state index in [0.717, 1.165) is 16.3 Å². The molecule has 4 nitrogen and oxygen atoms in total. The summed E-state index contributed by atoms with van der Waals surface area (Å²) in [6, 6.07) is 18.4. The summed E-state index contributed by atoms with van der Waals surface area (Å²) in [5, 5.41) is 2.08. The third-order valence-electron chi connectivity index (χ3n) is 4.59. The van der Waals surface area contributed by atoms with Crippen LogP contribution in [0.15, 0.2) is 60.7 Å². The molecular weight excluding hydrogens is 316 g/mol. The number of methoxy groups -OCH3 is 1. The van der Waals surface area contributed by atoms with E-state index in [0.29, 0.717) is 23.5 Å². The van der Waals surface area contributed by atoms with E-state index in [1.165, 1.54) is 0 Å². The number of ether oxygens (including phenoxy) is 2. The van der Waals surface area contributed by atoms with Gasteiger partial charge in [0.25, 0.3) is 0 Å². The molecule has 25 heavy (non-hydrogen) atoms. The Morgan fingerprint density at radius 2 is 1.80 bits per heavy atom. The van der Waals surface area contributed by atoms with Gasteiger partial charge in [-0.2, -0.15) is 0 Å². The number of rotatable bonds is 3. The van der Waals surface area contributed by atoms with E-state index >= 15 is 0 Å². The molecule has 4 heteroatoms. The summed E-state index contributed by atoms with van der Waals surface area (Å²) in [7, 11) is 1.57. The van der Waals surface area contributed by atoms with Crippen LogP contribution in [0.2, 0.25) is 0 Å². The number of fused-ring (bicyclic) bond motifs is 3. The first-order valence-electron chi connectivity index (χ1n) is 8.08. The summed E-state index contributed by atoms with van der Waals surface area (Å²) in [5.41, 5.74) is 1.39. The van der Waals surface area contributed by atoms with E-state index in [-0.39, 0.29) is 5.78 Å². The zero-order valence-corrected chi connectivity index (χ0v) is 13.7. The minimum atomic E-state index is -0.827. The molecule has 1 heterocycles.